The van der Waals surface area contributed by atoms with Gasteiger partial charge in [0.15, 0.2) is 5.58 Å². The quantitative estimate of drug-likeness (QED) is 0.632. The van der Waals surface area contributed by atoms with Crippen molar-refractivity contribution in [1.82, 2.24) is 4.57 Å². The summed E-state index contributed by atoms with van der Waals surface area (Å²) < 4.78 is 7.49. The highest BCUT2D eigenvalue weighted by Crippen LogP contribution is 2.23. The molecule has 3 rings (SSSR count). The van der Waals surface area contributed by atoms with E-state index in [0.29, 0.717) is 9.86 Å². The number of fused-ring (bicyclic) bond motifs is 1. The van der Waals surface area contributed by atoms with Gasteiger partial charge in [-0.2, -0.15) is 0 Å². The number of thiophene rings is 1. The van der Waals surface area contributed by atoms with E-state index in [2.05, 4.69) is 6.07 Å². The Morgan fingerprint density at radius 2 is 2.24 bits per heavy atom. The highest BCUT2D eigenvalue weighted by atomic mass is 35.5. The molecule has 0 unspecified atom stereocenters. The lowest BCUT2D eigenvalue weighted by molar-refractivity contribution is 0.549. The number of hydrogen-bond acceptors (Lipinski definition) is 3. The lowest BCUT2D eigenvalue weighted by Crippen LogP contribution is -1.96. The largest absolute Gasteiger partial charge is 0.429 e. The second kappa shape index (κ2) is 4.29. The van der Waals surface area contributed by atoms with Crippen molar-refractivity contribution in [3.63, 3.8) is 0 Å². The van der Waals surface area contributed by atoms with Crippen molar-refractivity contribution in [2.24, 2.45) is 0 Å². The summed E-state index contributed by atoms with van der Waals surface area (Å²) >= 11 is 12.9. The first-order valence-electron chi connectivity index (χ1n) is 5.05. The third kappa shape index (κ3) is 2.04. The topological polar surface area (TPSA) is 18.1 Å². The Balaban J connectivity index is 2.17. The standard InChI is InChI=1S/C12H8ClNOS2/c13-8-3-4-11-10(6-8)14(12(16)15-11)7-9-2-1-5-17-9/h1-6H,7H2. The molecule has 0 aliphatic carbocycles. The van der Waals surface area contributed by atoms with Crippen molar-refractivity contribution in [3.05, 3.63) is 50.4 Å². The average molecular weight is 282 g/mol. The van der Waals surface area contributed by atoms with Gasteiger partial charge in [-0.1, -0.05) is 17.7 Å². The van der Waals surface area contributed by atoms with Crippen molar-refractivity contribution in [3.8, 4) is 0 Å². The minimum Gasteiger partial charge on any atom is -0.429 e. The lowest BCUT2D eigenvalue weighted by atomic mass is 10.3. The molecular weight excluding hydrogens is 274 g/mol. The van der Waals surface area contributed by atoms with Crippen molar-refractivity contribution in [2.75, 3.05) is 0 Å². The van der Waals surface area contributed by atoms with Crippen LogP contribution in [0.3, 0.4) is 0 Å². The van der Waals surface area contributed by atoms with Crippen LogP contribution in [-0.2, 0) is 6.54 Å². The second-order valence-corrected chi connectivity index (χ2v) is 5.46. The minimum atomic E-state index is 0.482. The summed E-state index contributed by atoms with van der Waals surface area (Å²) in [7, 11) is 0. The fourth-order valence-corrected chi connectivity index (χ4v) is 2.86. The molecule has 1 aromatic carbocycles. The molecule has 0 fully saturated rings. The van der Waals surface area contributed by atoms with Crippen molar-refractivity contribution in [1.29, 1.82) is 0 Å². The lowest BCUT2D eigenvalue weighted by Gasteiger charge is -2.00. The van der Waals surface area contributed by atoms with Gasteiger partial charge in [-0.05, 0) is 41.9 Å². The van der Waals surface area contributed by atoms with E-state index in [9.17, 15) is 0 Å². The van der Waals surface area contributed by atoms with Gasteiger partial charge in [-0.3, -0.25) is 4.57 Å². The summed E-state index contributed by atoms with van der Waals surface area (Å²) in [4.78, 5) is 1.72. The van der Waals surface area contributed by atoms with Crippen LogP contribution in [0.2, 0.25) is 5.02 Å². The third-order valence-corrected chi connectivity index (χ3v) is 3.92. The summed E-state index contributed by atoms with van der Waals surface area (Å²) in [6, 6.07) is 9.63. The van der Waals surface area contributed by atoms with Crippen molar-refractivity contribution < 1.29 is 4.42 Å². The molecule has 2 heterocycles. The zero-order valence-electron chi connectivity index (χ0n) is 8.72. The predicted molar refractivity (Wildman–Crippen MR) is 73.5 cm³/mol. The molecule has 86 valence electrons. The Morgan fingerprint density at radius 1 is 1.35 bits per heavy atom. The summed E-state index contributed by atoms with van der Waals surface area (Å²) in [5.41, 5.74) is 1.71. The molecule has 0 aliphatic heterocycles. The van der Waals surface area contributed by atoms with E-state index in [4.69, 9.17) is 28.2 Å². The Labute approximate surface area is 112 Å². The van der Waals surface area contributed by atoms with E-state index in [1.807, 2.05) is 28.1 Å². The Morgan fingerprint density at radius 3 is 3.00 bits per heavy atom. The molecular formula is C12H8ClNOS2. The normalized spacial score (nSPS) is 11.1. The maximum atomic E-state index is 6.00. The van der Waals surface area contributed by atoms with E-state index in [-0.39, 0.29) is 0 Å². The molecule has 0 spiro atoms. The fourth-order valence-electron chi connectivity index (χ4n) is 1.74. The van der Waals surface area contributed by atoms with E-state index in [1.165, 1.54) is 4.88 Å². The van der Waals surface area contributed by atoms with Crippen molar-refractivity contribution in [2.45, 2.75) is 6.54 Å². The summed E-state index contributed by atoms with van der Waals surface area (Å²) in [6.45, 7) is 0.726. The van der Waals surface area contributed by atoms with Crippen LogP contribution >= 0.6 is 35.2 Å². The monoisotopic (exact) mass is 281 g/mol. The molecule has 0 amide bonds. The predicted octanol–water partition coefficient (Wildman–Crippen LogP) is 4.73. The first-order chi connectivity index (χ1) is 8.24. The Kier molecular flexibility index (Phi) is 2.78. The van der Waals surface area contributed by atoms with Crippen LogP contribution in [0, 0.1) is 4.84 Å². The molecule has 17 heavy (non-hydrogen) atoms. The molecule has 0 bridgehead atoms. The molecule has 5 heteroatoms. The SMILES string of the molecule is S=c1oc2ccc(Cl)cc2n1Cc1cccs1. The Bertz CT molecular complexity index is 712. The fraction of sp³-hybridized carbons (Fsp3) is 0.0833. The molecule has 0 saturated heterocycles. The molecule has 0 radical (unpaired) electrons. The van der Waals surface area contributed by atoms with Crippen LogP contribution in [0.1, 0.15) is 4.88 Å². The number of oxazole rings is 1. The van der Waals surface area contributed by atoms with Gasteiger partial charge in [-0.15, -0.1) is 11.3 Å². The van der Waals surface area contributed by atoms with Crippen molar-refractivity contribution >= 4 is 46.3 Å². The van der Waals surface area contributed by atoms with Gasteiger partial charge in [-0.25, -0.2) is 0 Å². The first-order valence-corrected chi connectivity index (χ1v) is 6.72. The zero-order valence-corrected chi connectivity index (χ0v) is 11.1. The third-order valence-electron chi connectivity index (χ3n) is 2.52. The maximum absolute atomic E-state index is 6.00. The number of halogens is 1. The van der Waals surface area contributed by atoms with Crippen LogP contribution in [0.25, 0.3) is 11.1 Å². The summed E-state index contributed by atoms with van der Waals surface area (Å²) in [5.74, 6) is 0. The molecule has 2 aromatic heterocycles. The van der Waals surface area contributed by atoms with Crippen LogP contribution in [-0.4, -0.2) is 4.57 Å². The van der Waals surface area contributed by atoms with Gasteiger partial charge in [0.2, 0.25) is 0 Å². The number of nitrogens with zero attached hydrogens (tertiary/aromatic N) is 1. The second-order valence-electron chi connectivity index (χ2n) is 3.65. The molecule has 0 saturated carbocycles. The van der Waals surface area contributed by atoms with E-state index >= 15 is 0 Å². The minimum absolute atomic E-state index is 0.482. The van der Waals surface area contributed by atoms with E-state index in [0.717, 1.165) is 17.6 Å². The Hall–Kier alpha value is -1.10. The number of aromatic nitrogens is 1. The smallest absolute Gasteiger partial charge is 0.269 e. The van der Waals surface area contributed by atoms with Gasteiger partial charge in [0.25, 0.3) is 4.84 Å². The molecule has 0 N–H and O–H groups in total. The summed E-state index contributed by atoms with van der Waals surface area (Å²) in [6.07, 6.45) is 0. The van der Waals surface area contributed by atoms with Crippen LogP contribution in [0.15, 0.2) is 40.1 Å². The first kappa shape index (κ1) is 11.0. The number of rotatable bonds is 2. The zero-order chi connectivity index (χ0) is 11.8. The van der Waals surface area contributed by atoms with Gasteiger partial charge < -0.3 is 4.42 Å². The van der Waals surface area contributed by atoms with E-state index < -0.39 is 0 Å². The molecule has 2 nitrogen and oxygen atoms in total. The van der Waals surface area contributed by atoms with E-state index in [1.54, 1.807) is 17.4 Å². The van der Waals surface area contributed by atoms with Gasteiger partial charge >= 0.3 is 0 Å². The van der Waals surface area contributed by atoms with Gasteiger partial charge in [0.05, 0.1) is 12.1 Å². The molecule has 3 aromatic rings. The van der Waals surface area contributed by atoms with Crippen LogP contribution in [0.5, 0.6) is 0 Å². The highest BCUT2D eigenvalue weighted by Gasteiger charge is 2.08. The highest BCUT2D eigenvalue weighted by molar-refractivity contribution is 7.71. The molecule has 0 aliphatic rings. The number of hydrogen-bond donors (Lipinski definition) is 0. The van der Waals surface area contributed by atoms with Crippen LogP contribution < -0.4 is 0 Å². The van der Waals surface area contributed by atoms with Gasteiger partial charge in [0.1, 0.15) is 0 Å². The maximum Gasteiger partial charge on any atom is 0.269 e. The van der Waals surface area contributed by atoms with Crippen LogP contribution in [0.4, 0.5) is 0 Å². The average Bonchev–Trinajstić information content (AvgIpc) is 2.90. The molecule has 0 atom stereocenters. The summed E-state index contributed by atoms with van der Waals surface area (Å²) in [5, 5.41) is 2.74. The van der Waals surface area contributed by atoms with Gasteiger partial charge in [0, 0.05) is 9.90 Å². The number of benzene rings is 1.